The Morgan fingerprint density at radius 1 is 1.57 bits per heavy atom. The van der Waals surface area contributed by atoms with Crippen LogP contribution in [0, 0.1) is 11.3 Å². The molecular weight excluding hydrogens is 174 g/mol. The largest absolute Gasteiger partial charge is 0.356 e. The maximum absolute atomic E-state index is 4.49. The van der Waals surface area contributed by atoms with E-state index in [2.05, 4.69) is 36.1 Å². The highest BCUT2D eigenvalue weighted by Crippen LogP contribution is 2.50. The minimum Gasteiger partial charge on any atom is -0.356 e. The third-order valence-electron chi connectivity index (χ3n) is 3.50. The standard InChI is InChI=1S/C11H21N3/c1-11(2)7-9(11)8-13-10-12-5-4-6-14(10)3/h9H,4-8H2,1-3H3,(H,12,13). The van der Waals surface area contributed by atoms with Gasteiger partial charge >= 0.3 is 0 Å². The summed E-state index contributed by atoms with van der Waals surface area (Å²) < 4.78 is 0. The van der Waals surface area contributed by atoms with Crippen molar-refractivity contribution in [3.63, 3.8) is 0 Å². The van der Waals surface area contributed by atoms with Crippen molar-refractivity contribution in [1.82, 2.24) is 10.2 Å². The molecule has 1 fully saturated rings. The zero-order valence-electron chi connectivity index (χ0n) is 9.51. The molecule has 1 unspecified atom stereocenters. The molecule has 0 aromatic carbocycles. The van der Waals surface area contributed by atoms with Gasteiger partial charge in [0.25, 0.3) is 0 Å². The highest BCUT2D eigenvalue weighted by molar-refractivity contribution is 5.80. The second-order valence-electron chi connectivity index (χ2n) is 5.25. The van der Waals surface area contributed by atoms with Crippen LogP contribution in [-0.4, -0.2) is 37.5 Å². The number of nitrogens with one attached hydrogen (secondary N) is 1. The van der Waals surface area contributed by atoms with Gasteiger partial charge in [-0.15, -0.1) is 0 Å². The van der Waals surface area contributed by atoms with E-state index in [1.165, 1.54) is 12.8 Å². The van der Waals surface area contributed by atoms with Crippen LogP contribution < -0.4 is 5.32 Å². The zero-order valence-corrected chi connectivity index (χ0v) is 9.51. The van der Waals surface area contributed by atoms with Crippen LogP contribution in [0.4, 0.5) is 0 Å². The minimum atomic E-state index is 0.570. The van der Waals surface area contributed by atoms with E-state index < -0.39 is 0 Å². The summed E-state index contributed by atoms with van der Waals surface area (Å²) in [5.41, 5.74) is 0.570. The number of guanidine groups is 1. The molecule has 0 aromatic rings. The molecule has 1 atom stereocenters. The molecule has 0 amide bonds. The monoisotopic (exact) mass is 195 g/mol. The number of hydrogen-bond donors (Lipinski definition) is 1. The average molecular weight is 195 g/mol. The Hall–Kier alpha value is -0.730. The summed E-state index contributed by atoms with van der Waals surface area (Å²) >= 11 is 0. The van der Waals surface area contributed by atoms with E-state index in [9.17, 15) is 0 Å². The number of aliphatic imine (C=N–C) groups is 1. The Balaban J connectivity index is 1.78. The topological polar surface area (TPSA) is 27.6 Å². The van der Waals surface area contributed by atoms with Gasteiger partial charge in [0.1, 0.15) is 0 Å². The third kappa shape index (κ3) is 2.02. The van der Waals surface area contributed by atoms with Crippen LogP contribution in [0.5, 0.6) is 0 Å². The van der Waals surface area contributed by atoms with Gasteiger partial charge in [0.2, 0.25) is 0 Å². The maximum Gasteiger partial charge on any atom is 0.193 e. The molecule has 1 N–H and O–H groups in total. The van der Waals surface area contributed by atoms with Crippen LogP contribution >= 0.6 is 0 Å². The predicted molar refractivity (Wildman–Crippen MR) is 59.4 cm³/mol. The van der Waals surface area contributed by atoms with Gasteiger partial charge in [-0.05, 0) is 24.2 Å². The van der Waals surface area contributed by atoms with Crippen molar-refractivity contribution in [2.75, 3.05) is 26.7 Å². The van der Waals surface area contributed by atoms with Crippen LogP contribution in [0.3, 0.4) is 0 Å². The van der Waals surface area contributed by atoms with Crippen molar-refractivity contribution in [3.8, 4) is 0 Å². The molecule has 80 valence electrons. The van der Waals surface area contributed by atoms with Crippen LogP contribution in [0.15, 0.2) is 4.99 Å². The first-order valence-electron chi connectivity index (χ1n) is 5.59. The van der Waals surface area contributed by atoms with E-state index in [0.717, 1.165) is 31.5 Å². The molecule has 3 nitrogen and oxygen atoms in total. The summed E-state index contributed by atoms with van der Waals surface area (Å²) in [6.07, 6.45) is 2.55. The Kier molecular flexibility index (Phi) is 2.41. The summed E-state index contributed by atoms with van der Waals surface area (Å²) in [7, 11) is 2.11. The van der Waals surface area contributed by atoms with Gasteiger partial charge in [0, 0.05) is 26.7 Å². The fourth-order valence-electron chi connectivity index (χ4n) is 2.05. The lowest BCUT2D eigenvalue weighted by Gasteiger charge is -2.25. The van der Waals surface area contributed by atoms with Gasteiger partial charge < -0.3 is 10.2 Å². The van der Waals surface area contributed by atoms with Crippen molar-refractivity contribution in [2.24, 2.45) is 16.3 Å². The van der Waals surface area contributed by atoms with E-state index in [1.807, 2.05) is 0 Å². The molecule has 3 heteroatoms. The molecule has 14 heavy (non-hydrogen) atoms. The van der Waals surface area contributed by atoms with Crippen LogP contribution in [0.2, 0.25) is 0 Å². The summed E-state index contributed by atoms with van der Waals surface area (Å²) in [5, 5.41) is 3.46. The molecule has 0 bridgehead atoms. The van der Waals surface area contributed by atoms with Gasteiger partial charge in [-0.3, -0.25) is 4.99 Å². The van der Waals surface area contributed by atoms with Gasteiger partial charge in [-0.1, -0.05) is 13.8 Å². The summed E-state index contributed by atoms with van der Waals surface area (Å²) in [6, 6.07) is 0. The first-order chi connectivity index (χ1) is 6.59. The molecule has 2 rings (SSSR count). The summed E-state index contributed by atoms with van der Waals surface area (Å²) in [4.78, 5) is 6.71. The maximum atomic E-state index is 4.49. The Morgan fingerprint density at radius 3 is 2.86 bits per heavy atom. The van der Waals surface area contributed by atoms with Crippen LogP contribution in [-0.2, 0) is 0 Å². The van der Waals surface area contributed by atoms with Crippen molar-refractivity contribution in [1.29, 1.82) is 0 Å². The first kappa shape index (κ1) is 9.81. The molecule has 0 aromatic heterocycles. The zero-order chi connectivity index (χ0) is 10.2. The van der Waals surface area contributed by atoms with E-state index in [-0.39, 0.29) is 0 Å². The molecule has 1 heterocycles. The molecule has 0 saturated heterocycles. The third-order valence-corrected chi connectivity index (χ3v) is 3.50. The first-order valence-corrected chi connectivity index (χ1v) is 5.59. The quantitative estimate of drug-likeness (QED) is 0.719. The number of nitrogens with zero attached hydrogens (tertiary/aromatic N) is 2. The molecule has 0 spiro atoms. The van der Waals surface area contributed by atoms with Crippen molar-refractivity contribution in [3.05, 3.63) is 0 Å². The van der Waals surface area contributed by atoms with Gasteiger partial charge in [-0.2, -0.15) is 0 Å². The van der Waals surface area contributed by atoms with E-state index in [1.54, 1.807) is 0 Å². The molecular formula is C11H21N3. The minimum absolute atomic E-state index is 0.570. The Bertz CT molecular complexity index is 245. The highest BCUT2D eigenvalue weighted by Gasteiger charge is 2.45. The van der Waals surface area contributed by atoms with E-state index in [0.29, 0.717) is 5.41 Å². The number of rotatable bonds is 2. The summed E-state index contributed by atoms with van der Waals surface area (Å²) in [5.74, 6) is 1.94. The fourth-order valence-corrected chi connectivity index (χ4v) is 2.05. The second kappa shape index (κ2) is 3.44. The van der Waals surface area contributed by atoms with Crippen molar-refractivity contribution < 1.29 is 0 Å². The average Bonchev–Trinajstić information content (AvgIpc) is 2.73. The molecule has 1 aliphatic carbocycles. The lowest BCUT2D eigenvalue weighted by Crippen LogP contribution is -2.43. The van der Waals surface area contributed by atoms with Crippen molar-refractivity contribution in [2.45, 2.75) is 26.7 Å². The summed E-state index contributed by atoms with van der Waals surface area (Å²) in [6.45, 7) is 7.90. The smallest absolute Gasteiger partial charge is 0.193 e. The van der Waals surface area contributed by atoms with Crippen LogP contribution in [0.1, 0.15) is 26.7 Å². The van der Waals surface area contributed by atoms with E-state index >= 15 is 0 Å². The van der Waals surface area contributed by atoms with Gasteiger partial charge in [0.15, 0.2) is 5.96 Å². The lowest BCUT2D eigenvalue weighted by molar-refractivity contribution is 0.439. The van der Waals surface area contributed by atoms with Gasteiger partial charge in [-0.25, -0.2) is 0 Å². The van der Waals surface area contributed by atoms with Crippen molar-refractivity contribution >= 4 is 5.96 Å². The Labute approximate surface area is 86.6 Å². The number of hydrogen-bond acceptors (Lipinski definition) is 3. The normalized spacial score (nSPS) is 29.8. The van der Waals surface area contributed by atoms with Crippen LogP contribution in [0.25, 0.3) is 0 Å². The molecule has 0 radical (unpaired) electrons. The SMILES string of the molecule is CN1CCCN=C1NCC1CC1(C)C. The highest BCUT2D eigenvalue weighted by atomic mass is 15.3. The molecule has 1 saturated carbocycles. The molecule has 2 aliphatic rings. The fraction of sp³-hybridized carbons (Fsp3) is 0.909. The molecule has 1 aliphatic heterocycles. The Morgan fingerprint density at radius 2 is 2.29 bits per heavy atom. The second-order valence-corrected chi connectivity index (χ2v) is 5.25. The van der Waals surface area contributed by atoms with Gasteiger partial charge in [0.05, 0.1) is 0 Å². The predicted octanol–water partition coefficient (Wildman–Crippen LogP) is 1.31. The van der Waals surface area contributed by atoms with E-state index in [4.69, 9.17) is 0 Å². The lowest BCUT2D eigenvalue weighted by atomic mass is 10.1.